The molecule has 3 rings (SSSR count). The molecule has 2 aliphatic rings. The lowest BCUT2D eigenvalue weighted by atomic mass is 9.74. The highest BCUT2D eigenvalue weighted by Crippen LogP contribution is 2.35. The van der Waals surface area contributed by atoms with E-state index in [2.05, 4.69) is 30.4 Å². The average molecular weight is 286 g/mol. The minimum Gasteiger partial charge on any atom is -0.349 e. The van der Waals surface area contributed by atoms with Crippen LogP contribution in [-0.4, -0.2) is 11.4 Å². The van der Waals surface area contributed by atoms with Gasteiger partial charge in [-0.25, -0.2) is 0 Å². The molecule has 3 atom stereocenters. The van der Waals surface area contributed by atoms with E-state index in [1.165, 1.54) is 16.7 Å². The van der Waals surface area contributed by atoms with Crippen molar-refractivity contribution in [3.8, 4) is 0 Å². The summed E-state index contributed by atoms with van der Waals surface area (Å²) in [6.45, 7) is 4.15. The first-order valence-electron chi connectivity index (χ1n) is 8.16. The molecule has 21 heavy (non-hydrogen) atoms. The van der Waals surface area contributed by atoms with Gasteiger partial charge in [-0.1, -0.05) is 36.6 Å². The van der Waals surface area contributed by atoms with Gasteiger partial charge in [0.15, 0.2) is 0 Å². The van der Waals surface area contributed by atoms with Gasteiger partial charge in [0.25, 0.3) is 0 Å². The minimum absolute atomic E-state index is 0.0410. The van der Waals surface area contributed by atoms with Gasteiger partial charge in [-0.2, -0.15) is 0 Å². The molecule has 0 aromatic heterocycles. The fourth-order valence-electron chi connectivity index (χ4n) is 3.96. The molecule has 0 heterocycles. The number of hydrogen-bond acceptors (Lipinski definition) is 2. The second-order valence-electron chi connectivity index (χ2n) is 7.11. The highest BCUT2D eigenvalue weighted by molar-refractivity contribution is 5.80. The molecule has 1 aromatic carbocycles. The lowest BCUT2D eigenvalue weighted by Crippen LogP contribution is -2.53. The van der Waals surface area contributed by atoms with E-state index in [1.54, 1.807) is 0 Å². The predicted molar refractivity (Wildman–Crippen MR) is 84.9 cm³/mol. The SMILES string of the molecule is Cc1ccc2c(c1)CCC2NC(=O)C1CCCCC1(C)N. The molecule has 0 saturated heterocycles. The van der Waals surface area contributed by atoms with Crippen LogP contribution in [0.25, 0.3) is 0 Å². The summed E-state index contributed by atoms with van der Waals surface area (Å²) in [5, 5.41) is 3.26. The predicted octanol–water partition coefficient (Wildman–Crippen LogP) is 3.01. The Morgan fingerprint density at radius 2 is 2.14 bits per heavy atom. The van der Waals surface area contributed by atoms with Gasteiger partial charge >= 0.3 is 0 Å². The molecule has 1 fully saturated rings. The second kappa shape index (κ2) is 5.45. The van der Waals surface area contributed by atoms with Gasteiger partial charge in [-0.05, 0) is 50.7 Å². The molecule has 3 heteroatoms. The molecule has 1 saturated carbocycles. The van der Waals surface area contributed by atoms with Crippen molar-refractivity contribution in [3.05, 3.63) is 34.9 Å². The van der Waals surface area contributed by atoms with Crippen molar-refractivity contribution < 1.29 is 4.79 Å². The number of carbonyl (C=O) groups is 1. The molecule has 3 unspecified atom stereocenters. The Bertz CT molecular complexity index is 550. The van der Waals surface area contributed by atoms with Gasteiger partial charge in [-0.15, -0.1) is 0 Å². The summed E-state index contributed by atoms with van der Waals surface area (Å²) >= 11 is 0. The Kier molecular flexibility index (Phi) is 3.78. The van der Waals surface area contributed by atoms with E-state index in [0.29, 0.717) is 0 Å². The molecular formula is C18H26N2O. The number of amides is 1. The van der Waals surface area contributed by atoms with Crippen LogP contribution in [0, 0.1) is 12.8 Å². The molecule has 1 aromatic rings. The number of aryl methyl sites for hydroxylation is 2. The molecule has 3 nitrogen and oxygen atoms in total. The van der Waals surface area contributed by atoms with E-state index < -0.39 is 0 Å². The van der Waals surface area contributed by atoms with E-state index in [4.69, 9.17) is 5.73 Å². The maximum Gasteiger partial charge on any atom is 0.225 e. The molecular weight excluding hydrogens is 260 g/mol. The van der Waals surface area contributed by atoms with Gasteiger partial charge in [0.05, 0.1) is 12.0 Å². The van der Waals surface area contributed by atoms with Crippen molar-refractivity contribution in [1.29, 1.82) is 0 Å². The third-order valence-electron chi connectivity index (χ3n) is 5.26. The maximum absolute atomic E-state index is 12.7. The number of nitrogens with one attached hydrogen (secondary N) is 1. The Morgan fingerprint density at radius 3 is 2.90 bits per heavy atom. The van der Waals surface area contributed by atoms with Crippen LogP contribution in [0.2, 0.25) is 0 Å². The van der Waals surface area contributed by atoms with Gasteiger partial charge < -0.3 is 11.1 Å². The zero-order chi connectivity index (χ0) is 15.0. The number of carbonyl (C=O) groups excluding carboxylic acids is 1. The van der Waals surface area contributed by atoms with Gasteiger partial charge in [0.2, 0.25) is 5.91 Å². The first-order valence-corrected chi connectivity index (χ1v) is 8.16. The van der Waals surface area contributed by atoms with E-state index in [1.807, 2.05) is 6.92 Å². The van der Waals surface area contributed by atoms with Crippen LogP contribution in [0.4, 0.5) is 0 Å². The second-order valence-corrected chi connectivity index (χ2v) is 7.11. The number of hydrogen-bond donors (Lipinski definition) is 2. The summed E-state index contributed by atoms with van der Waals surface area (Å²) in [6, 6.07) is 6.72. The third kappa shape index (κ3) is 2.84. The average Bonchev–Trinajstić information content (AvgIpc) is 2.80. The van der Waals surface area contributed by atoms with Crippen molar-refractivity contribution in [3.63, 3.8) is 0 Å². The normalized spacial score (nSPS) is 31.8. The smallest absolute Gasteiger partial charge is 0.225 e. The van der Waals surface area contributed by atoms with Crippen molar-refractivity contribution in [2.75, 3.05) is 0 Å². The van der Waals surface area contributed by atoms with Crippen LogP contribution in [-0.2, 0) is 11.2 Å². The minimum atomic E-state index is -0.350. The summed E-state index contributed by atoms with van der Waals surface area (Å²) < 4.78 is 0. The van der Waals surface area contributed by atoms with E-state index >= 15 is 0 Å². The fourth-order valence-corrected chi connectivity index (χ4v) is 3.96. The summed E-state index contributed by atoms with van der Waals surface area (Å²) in [4.78, 5) is 12.7. The van der Waals surface area contributed by atoms with Crippen molar-refractivity contribution in [1.82, 2.24) is 5.32 Å². The monoisotopic (exact) mass is 286 g/mol. The molecule has 0 spiro atoms. The molecule has 0 bridgehead atoms. The van der Waals surface area contributed by atoms with E-state index in [0.717, 1.165) is 38.5 Å². The third-order valence-corrected chi connectivity index (χ3v) is 5.26. The molecule has 114 valence electrons. The summed E-state index contributed by atoms with van der Waals surface area (Å²) in [7, 11) is 0. The number of benzene rings is 1. The van der Waals surface area contributed by atoms with Gasteiger partial charge in [0.1, 0.15) is 0 Å². The quantitative estimate of drug-likeness (QED) is 0.878. The molecule has 3 N–H and O–H groups in total. The van der Waals surface area contributed by atoms with Crippen LogP contribution < -0.4 is 11.1 Å². The first kappa shape index (κ1) is 14.6. The summed E-state index contributed by atoms with van der Waals surface area (Å²) in [5.41, 5.74) is 9.98. The van der Waals surface area contributed by atoms with Crippen LogP contribution in [0.15, 0.2) is 18.2 Å². The number of rotatable bonds is 2. The zero-order valence-electron chi connectivity index (χ0n) is 13.1. The van der Waals surface area contributed by atoms with Crippen LogP contribution >= 0.6 is 0 Å². The van der Waals surface area contributed by atoms with Gasteiger partial charge in [0, 0.05) is 5.54 Å². The van der Waals surface area contributed by atoms with E-state index in [9.17, 15) is 4.79 Å². The van der Waals surface area contributed by atoms with E-state index in [-0.39, 0.29) is 23.4 Å². The summed E-state index contributed by atoms with van der Waals surface area (Å²) in [6.07, 6.45) is 6.20. The largest absolute Gasteiger partial charge is 0.349 e. The molecule has 2 aliphatic carbocycles. The van der Waals surface area contributed by atoms with Crippen LogP contribution in [0.3, 0.4) is 0 Å². The lowest BCUT2D eigenvalue weighted by molar-refractivity contribution is -0.128. The Balaban J connectivity index is 1.72. The van der Waals surface area contributed by atoms with Crippen LogP contribution in [0.5, 0.6) is 0 Å². The van der Waals surface area contributed by atoms with Crippen molar-refractivity contribution in [2.24, 2.45) is 11.7 Å². The summed E-state index contributed by atoms with van der Waals surface area (Å²) in [5.74, 6) is 0.110. The fraction of sp³-hybridized carbons (Fsp3) is 0.611. The topological polar surface area (TPSA) is 55.1 Å². The van der Waals surface area contributed by atoms with Crippen molar-refractivity contribution >= 4 is 5.91 Å². The maximum atomic E-state index is 12.7. The molecule has 0 aliphatic heterocycles. The zero-order valence-corrected chi connectivity index (χ0v) is 13.1. The van der Waals surface area contributed by atoms with Gasteiger partial charge in [-0.3, -0.25) is 4.79 Å². The number of fused-ring (bicyclic) bond motifs is 1. The molecule has 0 radical (unpaired) electrons. The highest BCUT2D eigenvalue weighted by Gasteiger charge is 2.39. The van der Waals surface area contributed by atoms with Crippen LogP contribution in [0.1, 0.15) is 61.8 Å². The first-order chi connectivity index (χ1) is 9.97. The molecule has 1 amide bonds. The standard InChI is InChI=1S/C18H26N2O/c1-12-6-8-14-13(11-12)7-9-16(14)20-17(21)15-5-3-4-10-18(15,2)19/h6,8,11,15-16H,3-5,7,9-10,19H2,1-2H3,(H,20,21). The van der Waals surface area contributed by atoms with Crippen molar-refractivity contribution in [2.45, 2.75) is 64.0 Å². The Labute approximate surface area is 127 Å². The lowest BCUT2D eigenvalue weighted by Gasteiger charge is -2.37. The highest BCUT2D eigenvalue weighted by atomic mass is 16.2. The Hall–Kier alpha value is -1.35. The Morgan fingerprint density at radius 1 is 1.33 bits per heavy atom. The number of nitrogens with two attached hydrogens (primary N) is 1.